The Hall–Kier alpha value is -2.03. The van der Waals surface area contributed by atoms with Crippen LogP contribution in [0.5, 0.6) is 0 Å². The van der Waals surface area contributed by atoms with Crippen molar-refractivity contribution < 1.29 is 9.66 Å². The Morgan fingerprint density at radius 1 is 1.36 bits per heavy atom. The molecule has 0 amide bonds. The third-order valence-electron chi connectivity index (χ3n) is 4.39. The molecule has 1 aliphatic rings. The molecule has 0 bridgehead atoms. The van der Waals surface area contributed by atoms with E-state index in [0.717, 1.165) is 38.7 Å². The molecule has 1 aromatic heterocycles. The molecule has 0 spiro atoms. The monoisotopic (exact) mass is 415 g/mol. The smallest absolute Gasteiger partial charge is 0.272 e. The third kappa shape index (κ3) is 3.76. The Morgan fingerprint density at radius 3 is 2.79 bits per heavy atom. The molecule has 2 aromatic carbocycles. The van der Waals surface area contributed by atoms with E-state index in [2.05, 4.69) is 13.8 Å². The van der Waals surface area contributed by atoms with Crippen molar-refractivity contribution >= 4 is 40.1 Å². The van der Waals surface area contributed by atoms with E-state index in [0.29, 0.717) is 12.5 Å². The summed E-state index contributed by atoms with van der Waals surface area (Å²) in [4.78, 5) is 12.1. The van der Waals surface area contributed by atoms with Gasteiger partial charge in [-0.05, 0) is 18.1 Å². The van der Waals surface area contributed by atoms with Gasteiger partial charge in [-0.3, -0.25) is 10.1 Å². The molecular formula is C20H21N3O3S2. The number of ether oxygens (including phenoxy) is 1. The predicted molar refractivity (Wildman–Crippen MR) is 114 cm³/mol. The van der Waals surface area contributed by atoms with Crippen LogP contribution in [-0.4, -0.2) is 32.8 Å². The molecule has 2 heterocycles. The van der Waals surface area contributed by atoms with Crippen molar-refractivity contribution in [2.24, 2.45) is 5.92 Å². The fourth-order valence-electron chi connectivity index (χ4n) is 3.15. The summed E-state index contributed by atoms with van der Waals surface area (Å²) in [7, 11) is 0. The lowest BCUT2D eigenvalue weighted by molar-refractivity contribution is -0.384. The minimum absolute atomic E-state index is 0.0855. The van der Waals surface area contributed by atoms with Gasteiger partial charge in [0, 0.05) is 33.9 Å². The van der Waals surface area contributed by atoms with Crippen LogP contribution in [0.4, 0.5) is 5.69 Å². The third-order valence-corrected chi connectivity index (χ3v) is 6.92. The van der Waals surface area contributed by atoms with Gasteiger partial charge in [0.1, 0.15) is 11.1 Å². The van der Waals surface area contributed by atoms with Crippen molar-refractivity contribution in [3.63, 3.8) is 0 Å². The van der Waals surface area contributed by atoms with E-state index in [9.17, 15) is 10.1 Å². The van der Waals surface area contributed by atoms with Gasteiger partial charge in [-0.1, -0.05) is 32.0 Å². The molecule has 1 atom stereocenters. The Morgan fingerprint density at radius 2 is 2.14 bits per heavy atom. The maximum absolute atomic E-state index is 11.6. The highest BCUT2D eigenvalue weighted by Gasteiger charge is 2.28. The highest BCUT2D eigenvalue weighted by atomic mass is 32.2. The second kappa shape index (κ2) is 8.14. The molecule has 0 radical (unpaired) electrons. The summed E-state index contributed by atoms with van der Waals surface area (Å²) in [6.07, 6.45) is 0. The second-order valence-corrected chi connectivity index (χ2v) is 9.24. The summed E-state index contributed by atoms with van der Waals surface area (Å²) >= 11 is 3.37. The number of para-hydroxylation sites is 1. The number of hydrogen-bond donors (Lipinski definition) is 0. The lowest BCUT2D eigenvalue weighted by Crippen LogP contribution is -1.99. The second-order valence-electron chi connectivity index (χ2n) is 7.01. The molecule has 6 nitrogen and oxygen atoms in total. The molecule has 28 heavy (non-hydrogen) atoms. The van der Waals surface area contributed by atoms with Crippen LogP contribution in [0.1, 0.15) is 25.0 Å². The van der Waals surface area contributed by atoms with E-state index < -0.39 is 0 Å². The van der Waals surface area contributed by atoms with Gasteiger partial charge in [0.05, 0.1) is 22.7 Å². The normalized spacial score (nSPS) is 16.9. The maximum atomic E-state index is 11.6. The van der Waals surface area contributed by atoms with Gasteiger partial charge in [0.25, 0.3) is 5.69 Å². The minimum Gasteiger partial charge on any atom is -0.360 e. The number of benzene rings is 2. The van der Waals surface area contributed by atoms with Gasteiger partial charge >= 0.3 is 0 Å². The molecule has 1 saturated heterocycles. The topological polar surface area (TPSA) is 70.2 Å². The largest absolute Gasteiger partial charge is 0.360 e. The molecule has 0 N–H and O–H groups in total. The zero-order chi connectivity index (χ0) is 19.7. The number of thioether (sulfide) groups is 2. The first-order valence-electron chi connectivity index (χ1n) is 9.17. The van der Waals surface area contributed by atoms with Crippen molar-refractivity contribution in [2.45, 2.75) is 24.2 Å². The number of nitrogens with zero attached hydrogens (tertiary/aromatic N) is 3. The molecule has 8 heteroatoms. The highest BCUT2D eigenvalue weighted by Crippen LogP contribution is 2.43. The van der Waals surface area contributed by atoms with E-state index in [4.69, 9.17) is 9.84 Å². The molecule has 146 valence electrons. The minimum atomic E-state index is -0.332. The fourth-order valence-corrected chi connectivity index (χ4v) is 5.14. The van der Waals surface area contributed by atoms with Crippen LogP contribution in [0.15, 0.2) is 47.4 Å². The number of rotatable bonds is 6. The number of non-ortho nitro benzene ring substituents is 1. The molecule has 3 aromatic rings. The number of nitro benzene ring substituents is 1. The maximum Gasteiger partial charge on any atom is 0.272 e. The zero-order valence-corrected chi connectivity index (χ0v) is 17.3. The number of aromatic nitrogens is 2. The Kier molecular flexibility index (Phi) is 5.61. The van der Waals surface area contributed by atoms with Crippen LogP contribution in [0.25, 0.3) is 16.6 Å². The number of nitro groups is 1. The quantitative estimate of drug-likeness (QED) is 0.303. The molecule has 0 aliphatic carbocycles. The van der Waals surface area contributed by atoms with Crippen molar-refractivity contribution in [1.29, 1.82) is 0 Å². The van der Waals surface area contributed by atoms with Crippen LogP contribution in [-0.2, 0) is 4.74 Å². The fraction of sp³-hybridized carbons (Fsp3) is 0.350. The first-order valence-corrected chi connectivity index (χ1v) is 11.2. The van der Waals surface area contributed by atoms with E-state index in [1.807, 2.05) is 30.3 Å². The molecular weight excluding hydrogens is 394 g/mol. The summed E-state index contributed by atoms with van der Waals surface area (Å²) < 4.78 is 7.70. The van der Waals surface area contributed by atoms with Crippen molar-refractivity contribution in [2.75, 3.05) is 18.1 Å². The highest BCUT2D eigenvalue weighted by molar-refractivity contribution is 8.00. The Balaban J connectivity index is 1.97. The van der Waals surface area contributed by atoms with E-state index >= 15 is 0 Å². The van der Waals surface area contributed by atoms with Gasteiger partial charge in [-0.15, -0.1) is 23.5 Å². The van der Waals surface area contributed by atoms with Crippen LogP contribution in [0.3, 0.4) is 0 Å². The lowest BCUT2D eigenvalue weighted by atomic mass is 10.2. The van der Waals surface area contributed by atoms with Crippen LogP contribution < -0.4 is 0 Å². The predicted octanol–water partition coefficient (Wildman–Crippen LogP) is 5.44. The van der Waals surface area contributed by atoms with Gasteiger partial charge in [-0.25, -0.2) is 4.68 Å². The molecule has 1 aliphatic heterocycles. The Bertz CT molecular complexity index is 999. The van der Waals surface area contributed by atoms with E-state index in [1.165, 1.54) is 0 Å². The van der Waals surface area contributed by atoms with Gasteiger partial charge in [0.15, 0.2) is 0 Å². The van der Waals surface area contributed by atoms with E-state index in [1.54, 1.807) is 40.3 Å². The van der Waals surface area contributed by atoms with Crippen molar-refractivity contribution in [3.05, 3.63) is 58.3 Å². The summed E-state index contributed by atoms with van der Waals surface area (Å²) in [6.45, 7) is 4.98. The first-order chi connectivity index (χ1) is 13.5. The summed E-state index contributed by atoms with van der Waals surface area (Å²) in [5, 5.41) is 17.4. The number of hydrogen-bond acceptors (Lipinski definition) is 6. The van der Waals surface area contributed by atoms with Gasteiger partial charge < -0.3 is 4.74 Å². The summed E-state index contributed by atoms with van der Waals surface area (Å²) in [6, 6.07) is 13.0. The van der Waals surface area contributed by atoms with E-state index in [-0.39, 0.29) is 16.0 Å². The van der Waals surface area contributed by atoms with Gasteiger partial charge in [-0.2, -0.15) is 5.10 Å². The summed E-state index contributed by atoms with van der Waals surface area (Å²) in [5.74, 6) is 2.28. The number of fused-ring (bicyclic) bond motifs is 1. The molecule has 0 unspecified atom stereocenters. The van der Waals surface area contributed by atoms with Crippen molar-refractivity contribution in [1.82, 2.24) is 9.78 Å². The molecule has 4 rings (SSSR count). The average molecular weight is 416 g/mol. The van der Waals surface area contributed by atoms with Crippen molar-refractivity contribution in [3.8, 4) is 5.69 Å². The first kappa shape index (κ1) is 19.3. The van der Waals surface area contributed by atoms with Crippen LogP contribution in [0, 0.1) is 16.0 Å². The van der Waals surface area contributed by atoms with Gasteiger partial charge in [0.2, 0.25) is 0 Å². The summed E-state index contributed by atoms with van der Waals surface area (Å²) in [5.41, 5.74) is 2.41. The van der Waals surface area contributed by atoms with Crippen LogP contribution in [0.2, 0.25) is 0 Å². The molecule has 1 fully saturated rings. The lowest BCUT2D eigenvalue weighted by Gasteiger charge is -2.10. The SMILES string of the molecule is CC(C)CSc1cc([N+](=O)[O-])cc2c1c([C@H]1OCCS1)nn2-c1ccccc1. The molecule has 0 saturated carbocycles. The van der Waals surface area contributed by atoms with Crippen LogP contribution >= 0.6 is 23.5 Å². The zero-order valence-electron chi connectivity index (χ0n) is 15.7. The standard InChI is InChI=1S/C20H21N3O3S2/c1-13(2)12-28-17-11-15(23(24)25)10-16-18(17)19(20-26-8-9-27-20)21-22(16)14-6-4-3-5-7-14/h3-7,10-11,13,20H,8-9,12H2,1-2H3/t20-/m0/s1. The average Bonchev–Trinajstić information content (AvgIpc) is 3.34. The Labute approximate surface area is 171 Å².